The molecule has 0 atom stereocenters. The molecule has 0 fully saturated rings. The molecule has 1 aromatic rings. The second-order valence-corrected chi connectivity index (χ2v) is 6.72. The van der Waals surface area contributed by atoms with Gasteiger partial charge >= 0.3 is 6.09 Å². The Morgan fingerprint density at radius 2 is 1.67 bits per heavy atom. The fraction of sp³-hybridized carbons (Fsp3) is 0.444. The smallest absolute Gasteiger partial charge is 0.408 e. The van der Waals surface area contributed by atoms with Crippen LogP contribution in [0.5, 0.6) is 0 Å². The first-order valence-corrected chi connectivity index (χ1v) is 8.46. The Kier molecular flexibility index (Phi) is 8.25. The predicted octanol–water partition coefficient (Wildman–Crippen LogP) is 1.02. The Bertz CT molecular complexity index is 697. The fourth-order valence-electron chi connectivity index (χ4n) is 1.95. The maximum Gasteiger partial charge on any atom is 0.408 e. The maximum atomic E-state index is 12.1. The first-order valence-electron chi connectivity index (χ1n) is 8.46. The molecule has 0 saturated heterocycles. The van der Waals surface area contributed by atoms with Gasteiger partial charge in [-0.05, 0) is 39.0 Å². The molecule has 148 valence electrons. The zero-order valence-corrected chi connectivity index (χ0v) is 16.0. The SMILES string of the molecule is CC(=O)Nc1cccc(C(=O)NCCNC(=O)CNC(=O)OC(C)(C)C)c1. The fourth-order valence-corrected chi connectivity index (χ4v) is 1.95. The minimum absolute atomic E-state index is 0.200. The van der Waals surface area contributed by atoms with Crippen LogP contribution in [0, 0.1) is 0 Å². The summed E-state index contributed by atoms with van der Waals surface area (Å²) in [5, 5.41) is 10.2. The van der Waals surface area contributed by atoms with Gasteiger partial charge in [-0.25, -0.2) is 4.79 Å². The van der Waals surface area contributed by atoms with Gasteiger partial charge in [0.15, 0.2) is 0 Å². The number of rotatable bonds is 7. The zero-order chi connectivity index (χ0) is 20.4. The monoisotopic (exact) mass is 378 g/mol. The highest BCUT2D eigenvalue weighted by Gasteiger charge is 2.16. The van der Waals surface area contributed by atoms with E-state index in [-0.39, 0.29) is 31.4 Å². The lowest BCUT2D eigenvalue weighted by atomic mass is 10.2. The third-order valence-electron chi connectivity index (χ3n) is 2.97. The van der Waals surface area contributed by atoms with Crippen LogP contribution in [-0.4, -0.2) is 49.1 Å². The number of carbonyl (C=O) groups is 4. The van der Waals surface area contributed by atoms with Gasteiger partial charge in [0, 0.05) is 31.3 Å². The predicted molar refractivity (Wildman–Crippen MR) is 100 cm³/mol. The lowest BCUT2D eigenvalue weighted by Gasteiger charge is -2.19. The number of hydrogen-bond donors (Lipinski definition) is 4. The number of hydrogen-bond acceptors (Lipinski definition) is 5. The van der Waals surface area contributed by atoms with Gasteiger partial charge in [0.1, 0.15) is 5.60 Å². The van der Waals surface area contributed by atoms with E-state index in [0.29, 0.717) is 11.3 Å². The summed E-state index contributed by atoms with van der Waals surface area (Å²) in [5.74, 6) is -0.957. The van der Waals surface area contributed by atoms with E-state index in [1.807, 2.05) is 0 Å². The van der Waals surface area contributed by atoms with Crippen molar-refractivity contribution in [3.63, 3.8) is 0 Å². The van der Waals surface area contributed by atoms with Crippen LogP contribution in [0.3, 0.4) is 0 Å². The molecule has 0 spiro atoms. The highest BCUT2D eigenvalue weighted by atomic mass is 16.6. The van der Waals surface area contributed by atoms with Crippen molar-refractivity contribution in [2.75, 3.05) is 25.0 Å². The first-order chi connectivity index (χ1) is 12.6. The normalized spacial score (nSPS) is 10.5. The van der Waals surface area contributed by atoms with E-state index in [2.05, 4.69) is 21.3 Å². The maximum absolute atomic E-state index is 12.1. The van der Waals surface area contributed by atoms with Gasteiger partial charge in [0.25, 0.3) is 5.91 Å². The standard InChI is InChI=1S/C18H26N4O5/c1-12(23)22-14-7-5-6-13(10-14)16(25)20-9-8-19-15(24)11-21-17(26)27-18(2,3)4/h5-7,10H,8-9,11H2,1-4H3,(H,19,24)(H,20,25)(H,21,26)(H,22,23). The molecule has 0 unspecified atom stereocenters. The van der Waals surface area contributed by atoms with Crippen LogP contribution in [0.25, 0.3) is 0 Å². The number of anilines is 1. The Hall–Kier alpha value is -3.10. The summed E-state index contributed by atoms with van der Waals surface area (Å²) < 4.78 is 5.01. The molecule has 9 nitrogen and oxygen atoms in total. The van der Waals surface area contributed by atoms with E-state index in [1.54, 1.807) is 45.0 Å². The Morgan fingerprint density at radius 1 is 1.00 bits per heavy atom. The molecule has 0 saturated carbocycles. The van der Waals surface area contributed by atoms with Crippen LogP contribution >= 0.6 is 0 Å². The van der Waals surface area contributed by atoms with Crippen molar-refractivity contribution in [3.05, 3.63) is 29.8 Å². The van der Waals surface area contributed by atoms with E-state index < -0.39 is 17.6 Å². The van der Waals surface area contributed by atoms with Crippen molar-refractivity contribution in [2.45, 2.75) is 33.3 Å². The quantitative estimate of drug-likeness (QED) is 0.527. The second-order valence-electron chi connectivity index (χ2n) is 6.72. The molecule has 0 aliphatic heterocycles. The van der Waals surface area contributed by atoms with Crippen molar-refractivity contribution >= 4 is 29.5 Å². The van der Waals surface area contributed by atoms with E-state index in [9.17, 15) is 19.2 Å². The summed E-state index contributed by atoms with van der Waals surface area (Å²) in [6.07, 6.45) is -0.676. The number of ether oxygens (including phenoxy) is 1. The molecule has 0 aliphatic carbocycles. The molecule has 4 N–H and O–H groups in total. The number of alkyl carbamates (subject to hydrolysis) is 1. The van der Waals surface area contributed by atoms with E-state index in [0.717, 1.165) is 0 Å². The second kappa shape index (κ2) is 10.1. The van der Waals surface area contributed by atoms with Gasteiger partial charge in [-0.1, -0.05) is 6.07 Å². The van der Waals surface area contributed by atoms with Crippen molar-refractivity contribution < 1.29 is 23.9 Å². The van der Waals surface area contributed by atoms with Gasteiger partial charge in [0.05, 0.1) is 6.54 Å². The first kappa shape index (κ1) is 21.9. The molecule has 1 aromatic carbocycles. The van der Waals surface area contributed by atoms with Crippen LogP contribution in [-0.2, 0) is 14.3 Å². The van der Waals surface area contributed by atoms with Crippen molar-refractivity contribution in [2.24, 2.45) is 0 Å². The molecule has 0 radical (unpaired) electrons. The van der Waals surface area contributed by atoms with Crippen LogP contribution in [0.1, 0.15) is 38.1 Å². The van der Waals surface area contributed by atoms with E-state index in [1.165, 1.54) is 6.92 Å². The molecule has 4 amide bonds. The van der Waals surface area contributed by atoms with E-state index in [4.69, 9.17) is 4.74 Å². The van der Waals surface area contributed by atoms with Crippen molar-refractivity contribution in [3.8, 4) is 0 Å². The highest BCUT2D eigenvalue weighted by molar-refractivity contribution is 5.96. The number of carbonyl (C=O) groups excluding carboxylic acids is 4. The Morgan fingerprint density at radius 3 is 2.30 bits per heavy atom. The van der Waals surface area contributed by atoms with Crippen molar-refractivity contribution in [1.82, 2.24) is 16.0 Å². The summed E-state index contributed by atoms with van der Waals surface area (Å²) in [6.45, 7) is 6.74. The average Bonchev–Trinajstić information content (AvgIpc) is 2.55. The number of nitrogens with one attached hydrogen (secondary N) is 4. The molecule has 0 aliphatic rings. The molecule has 27 heavy (non-hydrogen) atoms. The van der Waals surface area contributed by atoms with Crippen LogP contribution in [0.15, 0.2) is 24.3 Å². The summed E-state index contributed by atoms with van der Waals surface area (Å²) in [6, 6.07) is 6.50. The topological polar surface area (TPSA) is 126 Å². The lowest BCUT2D eigenvalue weighted by molar-refractivity contribution is -0.120. The molecule has 0 aromatic heterocycles. The Labute approximate surface area is 158 Å². The number of amides is 4. The largest absolute Gasteiger partial charge is 0.444 e. The van der Waals surface area contributed by atoms with Gasteiger partial charge in [-0.3, -0.25) is 14.4 Å². The minimum atomic E-state index is -0.676. The number of benzene rings is 1. The molecular weight excluding hydrogens is 352 g/mol. The summed E-state index contributed by atoms with van der Waals surface area (Å²) in [5.41, 5.74) is 0.276. The van der Waals surface area contributed by atoms with Crippen LogP contribution < -0.4 is 21.3 Å². The highest BCUT2D eigenvalue weighted by Crippen LogP contribution is 2.10. The van der Waals surface area contributed by atoms with Gasteiger partial charge in [-0.15, -0.1) is 0 Å². The molecular formula is C18H26N4O5. The third-order valence-corrected chi connectivity index (χ3v) is 2.97. The van der Waals surface area contributed by atoms with E-state index >= 15 is 0 Å². The minimum Gasteiger partial charge on any atom is -0.444 e. The molecule has 9 heteroatoms. The zero-order valence-electron chi connectivity index (χ0n) is 16.0. The lowest BCUT2D eigenvalue weighted by Crippen LogP contribution is -2.42. The van der Waals surface area contributed by atoms with Gasteiger partial charge in [0.2, 0.25) is 11.8 Å². The van der Waals surface area contributed by atoms with Crippen LogP contribution in [0.2, 0.25) is 0 Å². The molecule has 1 rings (SSSR count). The Balaban J connectivity index is 2.29. The van der Waals surface area contributed by atoms with Crippen molar-refractivity contribution in [1.29, 1.82) is 0 Å². The summed E-state index contributed by atoms with van der Waals surface area (Å²) in [4.78, 5) is 46.2. The van der Waals surface area contributed by atoms with Crippen LogP contribution in [0.4, 0.5) is 10.5 Å². The van der Waals surface area contributed by atoms with Gasteiger partial charge in [-0.2, -0.15) is 0 Å². The third kappa shape index (κ3) is 9.83. The molecule has 0 heterocycles. The summed E-state index contributed by atoms with van der Waals surface area (Å²) >= 11 is 0. The average molecular weight is 378 g/mol. The van der Waals surface area contributed by atoms with Gasteiger partial charge < -0.3 is 26.0 Å². The summed E-state index contributed by atoms with van der Waals surface area (Å²) in [7, 11) is 0. The molecule has 0 bridgehead atoms.